The van der Waals surface area contributed by atoms with E-state index in [1.807, 2.05) is 0 Å². The number of carbonyl (C=O) groups is 1. The number of halogens is 2. The second-order valence-electron chi connectivity index (χ2n) is 6.42. The van der Waals surface area contributed by atoms with Gasteiger partial charge in [0, 0.05) is 18.0 Å². The van der Waals surface area contributed by atoms with Gasteiger partial charge in [0.1, 0.15) is 11.6 Å². The third-order valence-corrected chi connectivity index (χ3v) is 6.62. The average Bonchev–Trinajstić information content (AvgIpc) is 3.13. The summed E-state index contributed by atoms with van der Waals surface area (Å²) in [6.07, 6.45) is 0. The van der Waals surface area contributed by atoms with Crippen LogP contribution in [0.3, 0.4) is 0 Å². The molecule has 0 spiro atoms. The molecule has 0 aliphatic heterocycles. The Morgan fingerprint density at radius 3 is 2.41 bits per heavy atom. The number of nitrogens with zero attached hydrogens (tertiary/aromatic N) is 3. The van der Waals surface area contributed by atoms with E-state index in [4.69, 9.17) is 0 Å². The molecule has 0 fully saturated rings. The van der Waals surface area contributed by atoms with Gasteiger partial charge in [-0.25, -0.2) is 13.8 Å². The average molecular weight is 436 g/mol. The number of thiazole rings is 1. The number of anilines is 1. The van der Waals surface area contributed by atoms with E-state index in [9.17, 15) is 13.6 Å². The number of likely N-dealkylation sites (N-methyl/N-ethyl adjacent to an activating group) is 1. The Morgan fingerprint density at radius 1 is 1.03 bits per heavy atom. The third kappa shape index (κ3) is 5.74. The SMILES string of the molecule is CCN(CC)CCN(C(=O)CSc1ccc(F)cc1)c1nc2ccc(F)cc2s1. The van der Waals surface area contributed by atoms with Crippen LogP contribution < -0.4 is 4.90 Å². The number of thioether (sulfide) groups is 1. The number of benzene rings is 2. The second-order valence-corrected chi connectivity index (χ2v) is 8.48. The Kier molecular flexibility index (Phi) is 7.57. The molecule has 1 heterocycles. The summed E-state index contributed by atoms with van der Waals surface area (Å²) in [6.45, 7) is 7.19. The van der Waals surface area contributed by atoms with Crippen molar-refractivity contribution in [3.63, 3.8) is 0 Å². The predicted molar refractivity (Wildman–Crippen MR) is 117 cm³/mol. The van der Waals surface area contributed by atoms with Gasteiger partial charge >= 0.3 is 0 Å². The van der Waals surface area contributed by atoms with Gasteiger partial charge in [-0.1, -0.05) is 25.2 Å². The maximum Gasteiger partial charge on any atom is 0.239 e. The molecule has 0 saturated carbocycles. The van der Waals surface area contributed by atoms with Crippen molar-refractivity contribution >= 4 is 44.4 Å². The highest BCUT2D eigenvalue weighted by atomic mass is 32.2. The summed E-state index contributed by atoms with van der Waals surface area (Å²) in [7, 11) is 0. The first-order valence-corrected chi connectivity index (χ1v) is 11.3. The van der Waals surface area contributed by atoms with Crippen LogP contribution in [0.15, 0.2) is 47.4 Å². The molecular formula is C21H23F2N3OS2. The largest absolute Gasteiger partial charge is 0.302 e. The first kappa shape index (κ1) is 21.7. The van der Waals surface area contributed by atoms with Crippen LogP contribution in [0.4, 0.5) is 13.9 Å². The summed E-state index contributed by atoms with van der Waals surface area (Å²) < 4.78 is 27.3. The maximum absolute atomic E-state index is 13.5. The van der Waals surface area contributed by atoms with Crippen molar-refractivity contribution in [2.45, 2.75) is 18.7 Å². The molecule has 0 radical (unpaired) electrons. The Bertz CT molecular complexity index is 958. The molecule has 0 bridgehead atoms. The number of fused-ring (bicyclic) bond motifs is 1. The summed E-state index contributed by atoms with van der Waals surface area (Å²) in [5.41, 5.74) is 0.679. The smallest absolute Gasteiger partial charge is 0.239 e. The van der Waals surface area contributed by atoms with Gasteiger partial charge in [0.15, 0.2) is 5.13 Å². The molecule has 29 heavy (non-hydrogen) atoms. The molecule has 4 nitrogen and oxygen atoms in total. The lowest BCUT2D eigenvalue weighted by molar-refractivity contribution is -0.116. The highest BCUT2D eigenvalue weighted by Crippen LogP contribution is 2.30. The van der Waals surface area contributed by atoms with Gasteiger partial charge in [-0.15, -0.1) is 11.8 Å². The van der Waals surface area contributed by atoms with Gasteiger partial charge in [-0.3, -0.25) is 9.69 Å². The van der Waals surface area contributed by atoms with Crippen LogP contribution in [-0.2, 0) is 4.79 Å². The summed E-state index contributed by atoms with van der Waals surface area (Å²) in [6, 6.07) is 10.5. The Balaban J connectivity index is 1.78. The van der Waals surface area contributed by atoms with Crippen molar-refractivity contribution in [1.82, 2.24) is 9.88 Å². The molecule has 0 saturated heterocycles. The van der Waals surface area contributed by atoms with Gasteiger partial charge < -0.3 is 4.90 Å². The summed E-state index contributed by atoms with van der Waals surface area (Å²) in [4.78, 5) is 22.3. The van der Waals surface area contributed by atoms with Gasteiger partial charge in [0.05, 0.1) is 16.0 Å². The van der Waals surface area contributed by atoms with Crippen molar-refractivity contribution in [2.75, 3.05) is 36.8 Å². The minimum absolute atomic E-state index is 0.0778. The van der Waals surface area contributed by atoms with E-state index >= 15 is 0 Å². The predicted octanol–water partition coefficient (Wildman–Crippen LogP) is 5.04. The highest BCUT2D eigenvalue weighted by Gasteiger charge is 2.21. The van der Waals surface area contributed by atoms with Crippen LogP contribution in [0.5, 0.6) is 0 Å². The quantitative estimate of drug-likeness (QED) is 0.441. The number of aromatic nitrogens is 1. The first-order valence-electron chi connectivity index (χ1n) is 9.47. The molecule has 0 aliphatic rings. The Hall–Kier alpha value is -2.03. The molecular weight excluding hydrogens is 412 g/mol. The van der Waals surface area contributed by atoms with Gasteiger partial charge in [0.25, 0.3) is 0 Å². The number of amides is 1. The van der Waals surface area contributed by atoms with Crippen LogP contribution in [-0.4, -0.2) is 47.7 Å². The molecule has 0 unspecified atom stereocenters. The number of hydrogen-bond acceptors (Lipinski definition) is 5. The van der Waals surface area contributed by atoms with E-state index in [0.717, 1.165) is 24.5 Å². The first-order chi connectivity index (χ1) is 14.0. The van der Waals surface area contributed by atoms with Crippen LogP contribution in [0, 0.1) is 11.6 Å². The zero-order chi connectivity index (χ0) is 20.8. The maximum atomic E-state index is 13.5. The Morgan fingerprint density at radius 2 is 1.72 bits per heavy atom. The van der Waals surface area contributed by atoms with E-state index in [1.165, 1.54) is 47.4 Å². The van der Waals surface area contributed by atoms with Gasteiger partial charge in [0.2, 0.25) is 5.91 Å². The fraction of sp³-hybridized carbons (Fsp3) is 0.333. The fourth-order valence-corrected chi connectivity index (χ4v) is 4.67. The van der Waals surface area contributed by atoms with Crippen LogP contribution >= 0.6 is 23.1 Å². The van der Waals surface area contributed by atoms with Crippen LogP contribution in [0.25, 0.3) is 10.2 Å². The molecule has 0 atom stereocenters. The third-order valence-electron chi connectivity index (χ3n) is 4.58. The minimum atomic E-state index is -0.319. The molecule has 0 N–H and O–H groups in total. The topological polar surface area (TPSA) is 36.4 Å². The zero-order valence-electron chi connectivity index (χ0n) is 16.4. The molecule has 1 aromatic heterocycles. The number of rotatable bonds is 9. The highest BCUT2D eigenvalue weighted by molar-refractivity contribution is 8.00. The molecule has 8 heteroatoms. The van der Waals surface area contributed by atoms with Crippen molar-refractivity contribution < 1.29 is 13.6 Å². The zero-order valence-corrected chi connectivity index (χ0v) is 18.0. The molecule has 3 rings (SSSR count). The minimum Gasteiger partial charge on any atom is -0.302 e. The summed E-state index contributed by atoms with van der Waals surface area (Å²) >= 11 is 2.68. The van der Waals surface area contributed by atoms with E-state index in [0.29, 0.717) is 21.9 Å². The fourth-order valence-electron chi connectivity index (χ4n) is 2.86. The monoisotopic (exact) mass is 435 g/mol. The van der Waals surface area contributed by atoms with Crippen LogP contribution in [0.2, 0.25) is 0 Å². The molecule has 1 amide bonds. The lowest BCUT2D eigenvalue weighted by Crippen LogP contribution is -2.39. The van der Waals surface area contributed by atoms with E-state index in [2.05, 4.69) is 23.7 Å². The summed E-state index contributed by atoms with van der Waals surface area (Å²) in [5.74, 6) is -0.483. The van der Waals surface area contributed by atoms with Crippen molar-refractivity contribution in [3.8, 4) is 0 Å². The van der Waals surface area contributed by atoms with E-state index in [1.54, 1.807) is 23.1 Å². The second kappa shape index (κ2) is 10.1. The van der Waals surface area contributed by atoms with Gasteiger partial charge in [-0.2, -0.15) is 0 Å². The normalized spacial score (nSPS) is 11.3. The number of hydrogen-bond donors (Lipinski definition) is 0. The number of carbonyl (C=O) groups excluding carboxylic acids is 1. The van der Waals surface area contributed by atoms with Crippen molar-refractivity contribution in [1.29, 1.82) is 0 Å². The van der Waals surface area contributed by atoms with Crippen LogP contribution in [0.1, 0.15) is 13.8 Å². The van der Waals surface area contributed by atoms with E-state index in [-0.39, 0.29) is 23.3 Å². The van der Waals surface area contributed by atoms with Crippen molar-refractivity contribution in [2.24, 2.45) is 0 Å². The molecule has 154 valence electrons. The van der Waals surface area contributed by atoms with E-state index < -0.39 is 0 Å². The standard InChI is InChI=1S/C21H23F2N3OS2/c1-3-25(4-2)11-12-26(20(27)14-28-17-8-5-15(22)6-9-17)21-24-18-10-7-16(23)13-19(18)29-21/h5-10,13H,3-4,11-12,14H2,1-2H3. The molecule has 0 aliphatic carbocycles. The Labute approximate surface area is 177 Å². The molecule has 2 aromatic carbocycles. The lowest BCUT2D eigenvalue weighted by atomic mass is 10.3. The lowest BCUT2D eigenvalue weighted by Gasteiger charge is -2.24. The summed E-state index contributed by atoms with van der Waals surface area (Å²) in [5, 5.41) is 0.572. The van der Waals surface area contributed by atoms with Crippen molar-refractivity contribution in [3.05, 3.63) is 54.1 Å². The van der Waals surface area contributed by atoms with Gasteiger partial charge in [-0.05, 0) is 55.6 Å². The molecule has 3 aromatic rings.